The fourth-order valence-corrected chi connectivity index (χ4v) is 6.51. The normalized spacial score (nSPS) is 21.7. The van der Waals surface area contributed by atoms with Crippen LogP contribution >= 0.6 is 0 Å². The summed E-state index contributed by atoms with van der Waals surface area (Å²) in [6, 6.07) is 13.2. The molecule has 13 heteroatoms. The van der Waals surface area contributed by atoms with Crippen LogP contribution in [0.1, 0.15) is 46.6 Å². The van der Waals surface area contributed by atoms with Gasteiger partial charge in [0, 0.05) is 43.4 Å². The van der Waals surface area contributed by atoms with Crippen LogP contribution in [0.25, 0.3) is 11.0 Å². The Bertz CT molecular complexity index is 1730. The number of aromatic carboxylic acids is 1. The molecule has 0 saturated carbocycles. The molecule has 2 aromatic carbocycles. The molecule has 1 N–H and O–H groups in total. The molecule has 2 unspecified atom stereocenters. The van der Waals surface area contributed by atoms with Crippen molar-refractivity contribution in [2.75, 3.05) is 24.6 Å². The van der Waals surface area contributed by atoms with Gasteiger partial charge in [-0.25, -0.2) is 14.2 Å². The van der Waals surface area contributed by atoms with Crippen molar-refractivity contribution in [2.45, 2.75) is 63.3 Å². The number of carboxylic acids is 1. The fourth-order valence-electron chi connectivity index (χ4n) is 6.51. The first-order valence-corrected chi connectivity index (χ1v) is 14.9. The molecule has 3 aliphatic rings. The molecule has 45 heavy (non-hydrogen) atoms. The van der Waals surface area contributed by atoms with Crippen LogP contribution in [0.3, 0.4) is 0 Å². The molecule has 0 radical (unpaired) electrons. The number of aromatic nitrogens is 3. The van der Waals surface area contributed by atoms with Crippen molar-refractivity contribution in [3.63, 3.8) is 0 Å². The summed E-state index contributed by atoms with van der Waals surface area (Å²) in [5, 5.41) is 9.55. The second kappa shape index (κ2) is 11.6. The summed E-state index contributed by atoms with van der Waals surface area (Å²) in [6.45, 7) is 3.19. The van der Waals surface area contributed by atoms with Gasteiger partial charge in [-0.15, -0.1) is 0 Å². The van der Waals surface area contributed by atoms with Gasteiger partial charge in [-0.1, -0.05) is 12.1 Å². The number of pyridine rings is 1. The highest BCUT2D eigenvalue weighted by atomic mass is 19.4. The van der Waals surface area contributed by atoms with Crippen molar-refractivity contribution in [2.24, 2.45) is 0 Å². The molecule has 5 heterocycles. The highest BCUT2D eigenvalue weighted by molar-refractivity contribution is 5.92. The van der Waals surface area contributed by atoms with Gasteiger partial charge in [0.05, 0.1) is 41.4 Å². The molecule has 0 amide bonds. The van der Waals surface area contributed by atoms with Crippen LogP contribution in [0.5, 0.6) is 5.88 Å². The van der Waals surface area contributed by atoms with Gasteiger partial charge in [0.2, 0.25) is 5.88 Å². The number of rotatable bonds is 9. The number of carboxylic acid groups (broad SMARTS) is 1. The van der Waals surface area contributed by atoms with E-state index < -0.39 is 23.5 Å². The van der Waals surface area contributed by atoms with E-state index in [1.807, 2.05) is 6.07 Å². The Balaban J connectivity index is 1.05. The van der Waals surface area contributed by atoms with Crippen LogP contribution < -0.4 is 9.64 Å². The molecule has 236 valence electrons. The van der Waals surface area contributed by atoms with Crippen LogP contribution in [0.15, 0.2) is 54.6 Å². The van der Waals surface area contributed by atoms with E-state index in [0.29, 0.717) is 25.0 Å². The van der Waals surface area contributed by atoms with E-state index in [1.165, 1.54) is 0 Å². The molecule has 2 bridgehead atoms. The topological polar surface area (TPSA) is 93.0 Å². The highest BCUT2D eigenvalue weighted by Crippen LogP contribution is 2.35. The van der Waals surface area contributed by atoms with Crippen molar-refractivity contribution < 1.29 is 36.9 Å². The first-order valence-electron chi connectivity index (χ1n) is 14.9. The van der Waals surface area contributed by atoms with Crippen molar-refractivity contribution >= 4 is 22.8 Å². The third-order valence-corrected chi connectivity index (χ3v) is 9.00. The molecule has 3 atom stereocenters. The molecule has 3 fully saturated rings. The average Bonchev–Trinajstić information content (AvgIpc) is 3.43. The number of piperazine rings is 1. The molecule has 7 rings (SSSR count). The monoisotopic (exact) mass is 625 g/mol. The predicted octanol–water partition coefficient (Wildman–Crippen LogP) is 5.51. The van der Waals surface area contributed by atoms with Gasteiger partial charge in [-0.05, 0) is 55.7 Å². The molecule has 3 aliphatic heterocycles. The summed E-state index contributed by atoms with van der Waals surface area (Å²) in [7, 11) is 0. The first kappa shape index (κ1) is 29.5. The molecule has 0 aliphatic carbocycles. The Kier molecular flexibility index (Phi) is 7.60. The summed E-state index contributed by atoms with van der Waals surface area (Å²) in [6.07, 6.45) is -1.55. The summed E-state index contributed by atoms with van der Waals surface area (Å²) in [4.78, 5) is 25.9. The predicted molar refractivity (Wildman–Crippen MR) is 156 cm³/mol. The van der Waals surface area contributed by atoms with Gasteiger partial charge in [-0.3, -0.25) is 4.90 Å². The van der Waals surface area contributed by atoms with Crippen molar-refractivity contribution in [3.8, 4) is 5.88 Å². The van der Waals surface area contributed by atoms with E-state index in [-0.39, 0.29) is 41.8 Å². The third kappa shape index (κ3) is 5.94. The molecule has 0 spiro atoms. The number of anilines is 1. The number of nitrogens with zero attached hydrogens (tertiary/aromatic N) is 5. The highest BCUT2D eigenvalue weighted by Gasteiger charge is 2.41. The maximum atomic E-state index is 14.3. The van der Waals surface area contributed by atoms with Gasteiger partial charge in [0.25, 0.3) is 0 Å². The number of benzene rings is 2. The number of ether oxygens (including phenoxy) is 2. The van der Waals surface area contributed by atoms with Crippen LogP contribution in [0.2, 0.25) is 0 Å². The van der Waals surface area contributed by atoms with E-state index in [9.17, 15) is 27.5 Å². The van der Waals surface area contributed by atoms with Gasteiger partial charge < -0.3 is 24.0 Å². The Labute approximate surface area is 256 Å². The van der Waals surface area contributed by atoms with Crippen LogP contribution in [0.4, 0.5) is 23.4 Å². The molecule has 2 aromatic heterocycles. The second-order valence-corrected chi connectivity index (χ2v) is 11.8. The van der Waals surface area contributed by atoms with Gasteiger partial charge >= 0.3 is 12.1 Å². The third-order valence-electron chi connectivity index (χ3n) is 9.00. The number of hydrogen-bond donors (Lipinski definition) is 1. The largest absolute Gasteiger partial charge is 0.478 e. The number of hydrogen-bond acceptors (Lipinski definition) is 7. The average molecular weight is 626 g/mol. The molecular formula is C32H31F4N5O4. The van der Waals surface area contributed by atoms with Crippen molar-refractivity contribution in [1.82, 2.24) is 19.4 Å². The molecule has 3 saturated heterocycles. The number of imidazole rings is 1. The summed E-state index contributed by atoms with van der Waals surface area (Å²) >= 11 is 0. The Morgan fingerprint density at radius 1 is 1.02 bits per heavy atom. The minimum Gasteiger partial charge on any atom is -0.478 e. The lowest BCUT2D eigenvalue weighted by molar-refractivity contribution is -0.137. The maximum absolute atomic E-state index is 14.3. The van der Waals surface area contributed by atoms with Crippen molar-refractivity contribution in [1.29, 1.82) is 0 Å². The lowest BCUT2D eigenvalue weighted by atomic mass is 10.1. The van der Waals surface area contributed by atoms with E-state index in [1.54, 1.807) is 30.3 Å². The number of alkyl halides is 3. The Morgan fingerprint density at radius 3 is 2.47 bits per heavy atom. The smallest absolute Gasteiger partial charge is 0.416 e. The summed E-state index contributed by atoms with van der Waals surface area (Å²) in [5.74, 6) is -0.0982. The van der Waals surface area contributed by atoms with Crippen molar-refractivity contribution in [3.05, 3.63) is 82.9 Å². The number of fused-ring (bicyclic) bond motifs is 3. The summed E-state index contributed by atoms with van der Waals surface area (Å²) < 4.78 is 66.5. The van der Waals surface area contributed by atoms with E-state index in [4.69, 9.17) is 14.5 Å². The molecular weight excluding hydrogens is 594 g/mol. The quantitative estimate of drug-likeness (QED) is 0.244. The van der Waals surface area contributed by atoms with Gasteiger partial charge in [-0.2, -0.15) is 18.2 Å². The minimum absolute atomic E-state index is 0.0101. The maximum Gasteiger partial charge on any atom is 0.416 e. The SMILES string of the molecule is O=C(O)c1ccc2nc(CN3C4CCC3CN(c3cccc(OCc5ccc(C(F)(F)F)cc5F)n3)C4)n(C[C@@H]3CCO3)c2c1. The first-order chi connectivity index (χ1) is 21.6. The zero-order valence-corrected chi connectivity index (χ0v) is 24.2. The van der Waals surface area contributed by atoms with Crippen LogP contribution in [-0.4, -0.2) is 68.4 Å². The van der Waals surface area contributed by atoms with Crippen LogP contribution in [0, 0.1) is 5.82 Å². The number of carbonyl (C=O) groups is 1. The Hall–Kier alpha value is -4.23. The standard InChI is InChI=1S/C32H31F4N5O4/c33-25-13-21(32(34,35)36)6-4-20(25)18-45-30-3-1-2-28(38-30)39-14-22-7-8-23(15-39)40(22)17-29-37-26-9-5-19(31(42)43)12-27(26)41(29)16-24-10-11-44-24/h1-6,9,12-13,22-24H,7-8,10-11,14-18H2,(H,42,43)/t22?,23?,24-/m0/s1. The summed E-state index contributed by atoms with van der Waals surface area (Å²) in [5.41, 5.74) is 0.744. The van der Waals surface area contributed by atoms with E-state index in [0.717, 1.165) is 67.9 Å². The van der Waals surface area contributed by atoms with E-state index >= 15 is 0 Å². The van der Waals surface area contributed by atoms with Gasteiger partial charge in [0.1, 0.15) is 24.1 Å². The minimum atomic E-state index is -4.62. The van der Waals surface area contributed by atoms with Crippen LogP contribution in [-0.2, 0) is 30.6 Å². The second-order valence-electron chi connectivity index (χ2n) is 11.8. The van der Waals surface area contributed by atoms with Gasteiger partial charge in [0.15, 0.2) is 0 Å². The van der Waals surface area contributed by atoms with E-state index in [2.05, 4.69) is 19.4 Å². The fraction of sp³-hybridized carbons (Fsp3) is 0.406. The zero-order chi connectivity index (χ0) is 31.3. The zero-order valence-electron chi connectivity index (χ0n) is 24.2. The lowest BCUT2D eigenvalue weighted by Gasteiger charge is -2.41. The number of halogens is 4. The lowest BCUT2D eigenvalue weighted by Crippen LogP contribution is -2.53. The Morgan fingerprint density at radius 2 is 1.80 bits per heavy atom. The molecule has 4 aromatic rings. The molecule has 9 nitrogen and oxygen atoms in total.